The van der Waals surface area contributed by atoms with Crippen LogP contribution in [0.4, 0.5) is 26.3 Å². The number of carboxylic acid groups (broad SMARTS) is 3. The van der Waals surface area contributed by atoms with E-state index in [-0.39, 0.29) is 5.92 Å². The lowest BCUT2D eigenvalue weighted by atomic mass is 9.75. The molecule has 0 amide bonds. The molecule has 3 heterocycles. The van der Waals surface area contributed by atoms with Crippen LogP contribution < -0.4 is 0 Å². The molecule has 0 spiro atoms. The molecule has 15 heteroatoms. The van der Waals surface area contributed by atoms with E-state index in [0.717, 1.165) is 39.0 Å². The summed E-state index contributed by atoms with van der Waals surface area (Å²) in [5.41, 5.74) is -0.519. The Labute approximate surface area is 200 Å². The van der Waals surface area contributed by atoms with Gasteiger partial charge in [-0.15, -0.1) is 11.3 Å². The van der Waals surface area contributed by atoms with Crippen molar-refractivity contribution in [3.8, 4) is 0 Å². The SMILES string of the molecule is Cc1ccc(CN2CCC[C@]3(C(=O)O)CN(C)C[C@@H]3C2)s1.O=C(O)C(F)(F)F.O=C(O)C(F)(F)F. The molecule has 8 nitrogen and oxygen atoms in total. The number of likely N-dealkylation sites (tertiary alicyclic amines) is 2. The summed E-state index contributed by atoms with van der Waals surface area (Å²) in [5, 5.41) is 24.0. The predicted octanol–water partition coefficient (Wildman–Crippen LogP) is 3.55. The van der Waals surface area contributed by atoms with E-state index in [1.165, 1.54) is 9.75 Å². The molecule has 2 fully saturated rings. The van der Waals surface area contributed by atoms with Crippen LogP contribution in [0, 0.1) is 18.3 Å². The lowest BCUT2D eigenvalue weighted by Gasteiger charge is -2.29. The molecule has 0 unspecified atom stereocenters. The molecule has 0 aromatic carbocycles. The van der Waals surface area contributed by atoms with Gasteiger partial charge in [0.25, 0.3) is 0 Å². The number of hydrogen-bond donors (Lipinski definition) is 3. The smallest absolute Gasteiger partial charge is 0.481 e. The largest absolute Gasteiger partial charge is 0.490 e. The average molecular weight is 536 g/mol. The van der Waals surface area contributed by atoms with E-state index in [9.17, 15) is 36.2 Å². The van der Waals surface area contributed by atoms with Crippen molar-refractivity contribution in [2.75, 3.05) is 33.2 Å². The van der Waals surface area contributed by atoms with Gasteiger partial charge in [-0.2, -0.15) is 26.3 Å². The Morgan fingerprint density at radius 2 is 1.54 bits per heavy atom. The molecule has 1 aromatic heterocycles. The highest BCUT2D eigenvalue weighted by Crippen LogP contribution is 2.42. The first-order valence-corrected chi connectivity index (χ1v) is 11.0. The van der Waals surface area contributed by atoms with E-state index in [1.807, 2.05) is 18.4 Å². The standard InChI is InChI=1S/C16H24N2O2S.2C2HF3O2/c1-12-4-5-14(21-12)10-18-7-3-6-16(15(19)20)11-17(2)8-13(16)9-18;2*3-2(4,5)1(6)7/h4-5,13H,3,6-11H2,1-2H3,(H,19,20);2*(H,6,7)/t13-,16+;;/m1../s1. The number of halogens is 6. The van der Waals surface area contributed by atoms with Crippen molar-refractivity contribution in [1.82, 2.24) is 9.80 Å². The molecule has 3 N–H and O–H groups in total. The summed E-state index contributed by atoms with van der Waals surface area (Å²) in [4.78, 5) is 37.1. The van der Waals surface area contributed by atoms with E-state index in [0.29, 0.717) is 6.54 Å². The molecular weight excluding hydrogens is 510 g/mol. The molecule has 0 radical (unpaired) electrons. The molecule has 2 aliphatic heterocycles. The average Bonchev–Trinajstić information content (AvgIpc) is 3.19. The number of thiophene rings is 1. The number of aliphatic carboxylic acids is 3. The Balaban J connectivity index is 0.000000362. The Hall–Kier alpha value is -2.39. The number of nitrogens with zero attached hydrogens (tertiary/aromatic N) is 2. The fraction of sp³-hybridized carbons (Fsp3) is 0.650. The second-order valence-electron chi connectivity index (χ2n) is 8.31. The van der Waals surface area contributed by atoms with Gasteiger partial charge in [-0.25, -0.2) is 9.59 Å². The minimum atomic E-state index is -5.08. The molecular formula is C20H26F6N2O6S. The zero-order chi connectivity index (χ0) is 27.2. The van der Waals surface area contributed by atoms with Crippen molar-refractivity contribution in [1.29, 1.82) is 0 Å². The van der Waals surface area contributed by atoms with Gasteiger partial charge in [0, 0.05) is 41.9 Å². The van der Waals surface area contributed by atoms with E-state index in [1.54, 1.807) is 0 Å². The first-order chi connectivity index (χ1) is 15.9. The van der Waals surface area contributed by atoms with Gasteiger partial charge >= 0.3 is 30.3 Å². The fourth-order valence-electron chi connectivity index (χ4n) is 4.05. The van der Waals surface area contributed by atoms with Crippen molar-refractivity contribution >= 4 is 29.2 Å². The second-order valence-corrected chi connectivity index (χ2v) is 9.68. The van der Waals surface area contributed by atoms with Gasteiger partial charge in [-0.05, 0) is 45.5 Å². The molecule has 0 bridgehead atoms. The Bertz CT molecular complexity index is 866. The Morgan fingerprint density at radius 1 is 1.03 bits per heavy atom. The van der Waals surface area contributed by atoms with E-state index in [4.69, 9.17) is 19.8 Å². The van der Waals surface area contributed by atoms with Crippen LogP contribution in [0.2, 0.25) is 0 Å². The lowest BCUT2D eigenvalue weighted by Crippen LogP contribution is -2.41. The molecule has 3 rings (SSSR count). The maximum absolute atomic E-state index is 11.9. The van der Waals surface area contributed by atoms with Crippen LogP contribution in [0.15, 0.2) is 12.1 Å². The van der Waals surface area contributed by atoms with Crippen molar-refractivity contribution < 1.29 is 56.0 Å². The summed E-state index contributed by atoms with van der Waals surface area (Å²) in [6.07, 6.45) is -8.36. The number of hydrogen-bond acceptors (Lipinski definition) is 6. The summed E-state index contributed by atoms with van der Waals surface area (Å²) in [7, 11) is 2.05. The van der Waals surface area contributed by atoms with Crippen molar-refractivity contribution in [3.63, 3.8) is 0 Å². The maximum atomic E-state index is 11.9. The summed E-state index contributed by atoms with van der Waals surface area (Å²) in [6.45, 7) is 6.65. The molecule has 35 heavy (non-hydrogen) atoms. The van der Waals surface area contributed by atoms with Gasteiger partial charge in [0.2, 0.25) is 0 Å². The van der Waals surface area contributed by atoms with Crippen LogP contribution >= 0.6 is 11.3 Å². The quantitative estimate of drug-likeness (QED) is 0.502. The third-order valence-electron chi connectivity index (χ3n) is 5.53. The third-order valence-corrected chi connectivity index (χ3v) is 6.51. The zero-order valence-corrected chi connectivity index (χ0v) is 19.6. The lowest BCUT2D eigenvalue weighted by molar-refractivity contribution is -0.193. The second kappa shape index (κ2) is 12.0. The molecule has 1 aromatic rings. The normalized spacial score (nSPS) is 23.1. The monoisotopic (exact) mass is 536 g/mol. The van der Waals surface area contributed by atoms with E-state index < -0.39 is 35.7 Å². The number of rotatable bonds is 3. The minimum absolute atomic E-state index is 0.253. The highest BCUT2D eigenvalue weighted by Gasteiger charge is 2.52. The van der Waals surface area contributed by atoms with Crippen LogP contribution in [0.1, 0.15) is 22.6 Å². The van der Waals surface area contributed by atoms with Crippen LogP contribution in [0.3, 0.4) is 0 Å². The molecule has 0 saturated carbocycles. The molecule has 2 atom stereocenters. The number of carbonyl (C=O) groups is 3. The van der Waals surface area contributed by atoms with Gasteiger partial charge in [0.15, 0.2) is 0 Å². The summed E-state index contributed by atoms with van der Waals surface area (Å²) >= 11 is 1.85. The number of fused-ring (bicyclic) bond motifs is 1. The number of alkyl halides is 6. The van der Waals surface area contributed by atoms with Crippen LogP contribution in [-0.2, 0) is 20.9 Å². The summed E-state index contributed by atoms with van der Waals surface area (Å²) in [5.74, 6) is -5.85. The zero-order valence-electron chi connectivity index (χ0n) is 18.8. The van der Waals surface area contributed by atoms with Crippen molar-refractivity contribution in [2.45, 2.75) is 38.7 Å². The number of aryl methyl sites for hydroxylation is 1. The number of carboxylic acids is 3. The van der Waals surface area contributed by atoms with E-state index in [2.05, 4.69) is 28.9 Å². The van der Waals surface area contributed by atoms with Gasteiger partial charge < -0.3 is 20.2 Å². The van der Waals surface area contributed by atoms with Crippen LogP contribution in [0.25, 0.3) is 0 Å². The summed E-state index contributed by atoms with van der Waals surface area (Å²) < 4.78 is 63.5. The fourth-order valence-corrected chi connectivity index (χ4v) is 4.98. The van der Waals surface area contributed by atoms with Gasteiger partial charge in [-0.3, -0.25) is 9.69 Å². The van der Waals surface area contributed by atoms with E-state index >= 15 is 0 Å². The first kappa shape index (κ1) is 30.6. The van der Waals surface area contributed by atoms with Gasteiger partial charge in [0.1, 0.15) is 0 Å². The van der Waals surface area contributed by atoms with Crippen molar-refractivity contribution in [3.05, 3.63) is 21.9 Å². The van der Waals surface area contributed by atoms with Gasteiger partial charge in [-0.1, -0.05) is 0 Å². The van der Waals surface area contributed by atoms with Crippen LogP contribution in [0.5, 0.6) is 0 Å². The molecule has 0 aliphatic carbocycles. The predicted molar refractivity (Wildman–Crippen MR) is 112 cm³/mol. The molecule has 200 valence electrons. The maximum Gasteiger partial charge on any atom is 0.490 e. The first-order valence-electron chi connectivity index (χ1n) is 10.2. The highest BCUT2D eigenvalue weighted by atomic mass is 32.1. The third kappa shape index (κ3) is 9.29. The highest BCUT2D eigenvalue weighted by molar-refractivity contribution is 7.11. The Morgan fingerprint density at radius 3 is 1.94 bits per heavy atom. The Kier molecular flexibility index (Phi) is 10.5. The van der Waals surface area contributed by atoms with Crippen LogP contribution in [-0.4, -0.2) is 88.6 Å². The minimum Gasteiger partial charge on any atom is -0.481 e. The summed E-state index contributed by atoms with van der Waals surface area (Å²) in [6, 6.07) is 4.37. The molecule has 2 saturated heterocycles. The van der Waals surface area contributed by atoms with Gasteiger partial charge in [0.05, 0.1) is 5.41 Å². The molecule has 2 aliphatic rings. The topological polar surface area (TPSA) is 118 Å². The van der Waals surface area contributed by atoms with Crippen molar-refractivity contribution in [2.24, 2.45) is 11.3 Å².